The van der Waals surface area contributed by atoms with Crippen LogP contribution in [-0.2, 0) is 0 Å². The average Bonchev–Trinajstić information content (AvgIpc) is 2.02. The molecule has 0 spiro atoms. The first-order chi connectivity index (χ1) is 5.57. The molecule has 12 heavy (non-hydrogen) atoms. The van der Waals surface area contributed by atoms with Gasteiger partial charge in [-0.05, 0) is 37.5 Å². The van der Waals surface area contributed by atoms with Crippen LogP contribution in [0.2, 0.25) is 0 Å². The lowest BCUT2D eigenvalue weighted by atomic mass is 10.1. The van der Waals surface area contributed by atoms with Gasteiger partial charge in [-0.3, -0.25) is 0 Å². The third kappa shape index (κ3) is 1.44. The summed E-state index contributed by atoms with van der Waals surface area (Å²) in [5.74, 6) is 0.899. The maximum absolute atomic E-state index is 5.26. The molecule has 0 aliphatic heterocycles. The van der Waals surface area contributed by atoms with Crippen LogP contribution in [0.25, 0.3) is 0 Å². The lowest BCUT2D eigenvalue weighted by Crippen LogP contribution is -1.93. The van der Waals surface area contributed by atoms with Crippen LogP contribution >= 0.6 is 12.6 Å². The Hall–Kier alpha value is -0.630. The van der Waals surface area contributed by atoms with Crippen molar-refractivity contribution in [1.29, 1.82) is 0 Å². The number of ether oxygens (including phenoxy) is 1. The van der Waals surface area contributed by atoms with E-state index >= 15 is 0 Å². The fraction of sp³-hybridized carbons (Fsp3) is 0.400. The van der Waals surface area contributed by atoms with Crippen LogP contribution in [0.1, 0.15) is 16.7 Å². The number of aryl methyl sites for hydroxylation is 2. The maximum Gasteiger partial charge on any atom is 0.135 e. The van der Waals surface area contributed by atoms with Crippen molar-refractivity contribution in [3.05, 3.63) is 22.8 Å². The Morgan fingerprint density at radius 3 is 2.25 bits per heavy atom. The summed E-state index contributed by atoms with van der Waals surface area (Å²) < 4.78 is 5.26. The zero-order valence-corrected chi connectivity index (χ0v) is 8.83. The smallest absolute Gasteiger partial charge is 0.135 e. The molecule has 0 fully saturated rings. The normalized spacial score (nSPS) is 10.1. The highest BCUT2D eigenvalue weighted by molar-refractivity contribution is 7.80. The van der Waals surface area contributed by atoms with E-state index in [1.807, 2.05) is 13.8 Å². The number of hydrogen-bond donors (Lipinski definition) is 1. The Kier molecular flexibility index (Phi) is 2.68. The number of thiol groups is 1. The van der Waals surface area contributed by atoms with Gasteiger partial charge >= 0.3 is 0 Å². The minimum Gasteiger partial charge on any atom is -0.495 e. The van der Waals surface area contributed by atoms with E-state index in [9.17, 15) is 0 Å². The third-order valence-electron chi connectivity index (χ3n) is 2.16. The lowest BCUT2D eigenvalue weighted by molar-refractivity contribution is 0.400. The molecule has 0 saturated carbocycles. The Bertz CT molecular complexity index is 279. The van der Waals surface area contributed by atoms with Crippen LogP contribution in [0.5, 0.6) is 5.75 Å². The van der Waals surface area contributed by atoms with Crippen molar-refractivity contribution < 1.29 is 4.74 Å². The first-order valence-electron chi connectivity index (χ1n) is 3.91. The zero-order valence-electron chi connectivity index (χ0n) is 7.93. The molecular formula is C10H14OS. The van der Waals surface area contributed by atoms with Crippen molar-refractivity contribution in [2.45, 2.75) is 25.7 Å². The van der Waals surface area contributed by atoms with Gasteiger partial charge in [0.05, 0.1) is 7.11 Å². The molecule has 0 radical (unpaired) electrons. The average molecular weight is 182 g/mol. The van der Waals surface area contributed by atoms with E-state index in [4.69, 9.17) is 4.74 Å². The molecule has 0 aliphatic carbocycles. The highest BCUT2D eigenvalue weighted by Crippen LogP contribution is 2.31. The molecule has 0 unspecified atom stereocenters. The van der Waals surface area contributed by atoms with Crippen molar-refractivity contribution in [3.63, 3.8) is 0 Å². The Morgan fingerprint density at radius 1 is 1.17 bits per heavy atom. The fourth-order valence-electron chi connectivity index (χ4n) is 1.29. The molecule has 0 heterocycles. The lowest BCUT2D eigenvalue weighted by Gasteiger charge is -2.12. The van der Waals surface area contributed by atoms with Crippen molar-refractivity contribution in [2.75, 3.05) is 7.11 Å². The van der Waals surface area contributed by atoms with E-state index in [-0.39, 0.29) is 0 Å². The molecule has 1 aromatic rings. The second-order valence-electron chi connectivity index (χ2n) is 3.02. The summed E-state index contributed by atoms with van der Waals surface area (Å²) in [5, 5.41) is 0. The first-order valence-corrected chi connectivity index (χ1v) is 4.36. The van der Waals surface area contributed by atoms with Gasteiger partial charge in [0.2, 0.25) is 0 Å². The molecule has 0 bridgehead atoms. The van der Waals surface area contributed by atoms with E-state index in [2.05, 4.69) is 25.6 Å². The van der Waals surface area contributed by atoms with Crippen LogP contribution in [0, 0.1) is 20.8 Å². The van der Waals surface area contributed by atoms with Gasteiger partial charge in [-0.15, -0.1) is 12.6 Å². The predicted octanol–water partition coefficient (Wildman–Crippen LogP) is 2.91. The fourth-order valence-corrected chi connectivity index (χ4v) is 1.61. The predicted molar refractivity (Wildman–Crippen MR) is 54.5 cm³/mol. The number of rotatable bonds is 1. The topological polar surface area (TPSA) is 9.23 Å². The van der Waals surface area contributed by atoms with E-state index in [1.54, 1.807) is 7.11 Å². The Balaban J connectivity index is 3.42. The highest BCUT2D eigenvalue weighted by atomic mass is 32.1. The second kappa shape index (κ2) is 3.40. The van der Waals surface area contributed by atoms with Gasteiger partial charge < -0.3 is 4.74 Å². The summed E-state index contributed by atoms with van der Waals surface area (Å²) in [5.41, 5.74) is 3.59. The SMILES string of the molecule is COc1c(C)c(C)cc(C)c1S. The molecule has 1 nitrogen and oxygen atoms in total. The highest BCUT2D eigenvalue weighted by Gasteiger charge is 2.08. The van der Waals surface area contributed by atoms with Gasteiger partial charge in [-0.1, -0.05) is 6.07 Å². The maximum atomic E-state index is 5.26. The summed E-state index contributed by atoms with van der Waals surface area (Å²) in [6.07, 6.45) is 0. The summed E-state index contributed by atoms with van der Waals surface area (Å²) in [6, 6.07) is 2.13. The molecular weight excluding hydrogens is 168 g/mol. The van der Waals surface area contributed by atoms with Crippen molar-refractivity contribution in [3.8, 4) is 5.75 Å². The van der Waals surface area contributed by atoms with E-state index in [0.29, 0.717) is 0 Å². The minimum atomic E-state index is 0.899. The largest absolute Gasteiger partial charge is 0.495 e. The molecule has 66 valence electrons. The monoisotopic (exact) mass is 182 g/mol. The van der Waals surface area contributed by atoms with Crippen LogP contribution < -0.4 is 4.74 Å². The van der Waals surface area contributed by atoms with Crippen molar-refractivity contribution in [1.82, 2.24) is 0 Å². The number of methoxy groups -OCH3 is 1. The minimum absolute atomic E-state index is 0.899. The second-order valence-corrected chi connectivity index (χ2v) is 3.46. The van der Waals surface area contributed by atoms with Gasteiger partial charge in [0.25, 0.3) is 0 Å². The first kappa shape index (κ1) is 9.46. The molecule has 0 aromatic heterocycles. The van der Waals surface area contributed by atoms with E-state index in [0.717, 1.165) is 10.6 Å². The number of benzene rings is 1. The number of hydrogen-bond acceptors (Lipinski definition) is 2. The van der Waals surface area contributed by atoms with Crippen molar-refractivity contribution in [2.24, 2.45) is 0 Å². The van der Waals surface area contributed by atoms with Crippen molar-refractivity contribution >= 4 is 12.6 Å². The van der Waals surface area contributed by atoms with Crippen LogP contribution in [-0.4, -0.2) is 7.11 Å². The molecule has 1 aromatic carbocycles. The van der Waals surface area contributed by atoms with Crippen LogP contribution in [0.3, 0.4) is 0 Å². The van der Waals surface area contributed by atoms with Crippen LogP contribution in [0.15, 0.2) is 11.0 Å². The van der Waals surface area contributed by atoms with Gasteiger partial charge in [0.15, 0.2) is 0 Å². The zero-order chi connectivity index (χ0) is 9.30. The third-order valence-corrected chi connectivity index (χ3v) is 2.71. The summed E-state index contributed by atoms with van der Waals surface area (Å²) in [4.78, 5) is 0.945. The molecule has 0 amide bonds. The standard InChI is InChI=1S/C10H14OS/c1-6-5-7(2)10(12)9(11-4)8(6)3/h5,12H,1-4H3. The molecule has 0 saturated heterocycles. The van der Waals surface area contributed by atoms with E-state index in [1.165, 1.54) is 16.7 Å². The quantitative estimate of drug-likeness (QED) is 0.657. The molecule has 0 N–H and O–H groups in total. The molecule has 1 rings (SSSR count). The Morgan fingerprint density at radius 2 is 1.75 bits per heavy atom. The van der Waals surface area contributed by atoms with Crippen LogP contribution in [0.4, 0.5) is 0 Å². The summed E-state index contributed by atoms with van der Waals surface area (Å²) in [7, 11) is 1.68. The van der Waals surface area contributed by atoms with E-state index < -0.39 is 0 Å². The van der Waals surface area contributed by atoms with Gasteiger partial charge in [-0.25, -0.2) is 0 Å². The van der Waals surface area contributed by atoms with Gasteiger partial charge in [-0.2, -0.15) is 0 Å². The molecule has 0 atom stereocenters. The van der Waals surface area contributed by atoms with Gasteiger partial charge in [0, 0.05) is 4.90 Å². The van der Waals surface area contributed by atoms with Gasteiger partial charge in [0.1, 0.15) is 5.75 Å². The molecule has 0 aliphatic rings. The summed E-state index contributed by atoms with van der Waals surface area (Å²) >= 11 is 4.38. The Labute approximate surface area is 79.2 Å². The molecule has 2 heteroatoms. The summed E-state index contributed by atoms with van der Waals surface area (Å²) in [6.45, 7) is 6.17.